The van der Waals surface area contributed by atoms with Crippen LogP contribution in [-0.2, 0) is 4.74 Å². The number of halogens is 1. The molecule has 3 aromatic heterocycles. The van der Waals surface area contributed by atoms with E-state index in [-0.39, 0.29) is 18.8 Å². The Morgan fingerprint density at radius 1 is 1.16 bits per heavy atom. The smallest absolute Gasteiger partial charge is 0.222 e. The third-order valence-corrected chi connectivity index (χ3v) is 6.29. The minimum Gasteiger partial charge on any atom is -0.480 e. The van der Waals surface area contributed by atoms with Crippen molar-refractivity contribution in [2.45, 2.75) is 45.8 Å². The Morgan fingerprint density at radius 3 is 2.62 bits per heavy atom. The molecule has 7 heteroatoms. The summed E-state index contributed by atoms with van der Waals surface area (Å²) in [7, 11) is 3.73. The number of likely N-dealkylation sites (N-methyl/N-ethyl adjacent to an activating group) is 1. The highest BCUT2D eigenvalue weighted by molar-refractivity contribution is 5.85. The number of pyridine rings is 2. The zero-order valence-electron chi connectivity index (χ0n) is 19.9. The first-order chi connectivity index (χ1) is 15.3. The summed E-state index contributed by atoms with van der Waals surface area (Å²) in [5.41, 5.74) is 6.96. The van der Waals surface area contributed by atoms with E-state index in [1.807, 2.05) is 6.07 Å². The molecular weight excluding hydrogens is 407 g/mol. The first-order valence-corrected chi connectivity index (χ1v) is 11.2. The Hall–Kier alpha value is -2.51. The van der Waals surface area contributed by atoms with Gasteiger partial charge in [0.05, 0.1) is 48.2 Å². The van der Waals surface area contributed by atoms with E-state index < -0.39 is 6.67 Å². The van der Waals surface area contributed by atoms with Crippen LogP contribution in [0.1, 0.15) is 42.6 Å². The van der Waals surface area contributed by atoms with Gasteiger partial charge in [-0.05, 0) is 56.1 Å². The maximum atomic E-state index is 12.7. The molecule has 0 aromatic carbocycles. The molecule has 0 saturated carbocycles. The molecule has 0 amide bonds. The molecule has 1 fully saturated rings. The molecule has 0 aliphatic carbocycles. The molecule has 4 heterocycles. The summed E-state index contributed by atoms with van der Waals surface area (Å²) < 4.78 is 26.5. The molecule has 2 atom stereocenters. The van der Waals surface area contributed by atoms with Crippen molar-refractivity contribution in [1.82, 2.24) is 19.4 Å². The third-order valence-electron chi connectivity index (χ3n) is 6.29. The number of fused-ring (bicyclic) bond motifs is 1. The van der Waals surface area contributed by atoms with Crippen molar-refractivity contribution in [2.75, 3.05) is 40.5 Å². The lowest BCUT2D eigenvalue weighted by atomic mass is 10.0. The van der Waals surface area contributed by atoms with Crippen molar-refractivity contribution in [1.29, 1.82) is 0 Å². The van der Waals surface area contributed by atoms with Gasteiger partial charge in [-0.15, -0.1) is 0 Å². The summed E-state index contributed by atoms with van der Waals surface area (Å²) in [5.74, 6) is 0.920. The van der Waals surface area contributed by atoms with E-state index >= 15 is 0 Å². The molecule has 1 aliphatic rings. The van der Waals surface area contributed by atoms with Crippen LogP contribution in [-0.4, -0.2) is 66.1 Å². The lowest BCUT2D eigenvalue weighted by Crippen LogP contribution is -2.26. The zero-order valence-corrected chi connectivity index (χ0v) is 19.9. The van der Waals surface area contributed by atoms with E-state index in [2.05, 4.69) is 62.5 Å². The summed E-state index contributed by atoms with van der Waals surface area (Å²) in [6.45, 7) is 9.71. The lowest BCUT2D eigenvalue weighted by Gasteiger charge is -2.21. The lowest BCUT2D eigenvalue weighted by molar-refractivity contribution is 0.0311. The first-order valence-electron chi connectivity index (χ1n) is 11.2. The molecule has 0 N–H and O–H groups in total. The number of rotatable bonds is 7. The highest BCUT2D eigenvalue weighted by Crippen LogP contribution is 2.36. The van der Waals surface area contributed by atoms with Crippen molar-refractivity contribution in [3.63, 3.8) is 0 Å². The number of methoxy groups -OCH3 is 1. The first kappa shape index (κ1) is 22.7. The number of alkyl halides is 1. The SMILES string of the molecule is COc1nc(C(C)C)ccc1-c1nc2c(C)cn([C@@H]3CN(C)C[C@@H]3OCCF)c2cc1C. The summed E-state index contributed by atoms with van der Waals surface area (Å²) in [4.78, 5) is 12.0. The maximum Gasteiger partial charge on any atom is 0.222 e. The van der Waals surface area contributed by atoms with Crippen molar-refractivity contribution >= 4 is 11.0 Å². The maximum absolute atomic E-state index is 12.7. The van der Waals surface area contributed by atoms with Crippen LogP contribution in [0, 0.1) is 13.8 Å². The van der Waals surface area contributed by atoms with Crippen molar-refractivity contribution < 1.29 is 13.9 Å². The predicted octanol–water partition coefficient (Wildman–Crippen LogP) is 4.69. The van der Waals surface area contributed by atoms with E-state index in [1.165, 1.54) is 0 Å². The molecule has 0 bridgehead atoms. The van der Waals surface area contributed by atoms with E-state index in [4.69, 9.17) is 19.4 Å². The summed E-state index contributed by atoms with van der Waals surface area (Å²) in [5, 5.41) is 0. The van der Waals surface area contributed by atoms with Gasteiger partial charge in [0.25, 0.3) is 0 Å². The van der Waals surface area contributed by atoms with E-state index in [1.54, 1.807) is 7.11 Å². The Morgan fingerprint density at radius 2 is 1.94 bits per heavy atom. The van der Waals surface area contributed by atoms with E-state index in [0.717, 1.165) is 52.2 Å². The van der Waals surface area contributed by atoms with E-state index in [9.17, 15) is 4.39 Å². The van der Waals surface area contributed by atoms with Gasteiger partial charge >= 0.3 is 0 Å². The topological polar surface area (TPSA) is 52.4 Å². The third kappa shape index (κ3) is 4.11. The van der Waals surface area contributed by atoms with Gasteiger partial charge in [-0.2, -0.15) is 0 Å². The molecule has 0 unspecified atom stereocenters. The van der Waals surface area contributed by atoms with Gasteiger partial charge in [-0.25, -0.2) is 14.4 Å². The van der Waals surface area contributed by atoms with Crippen molar-refractivity contribution in [2.24, 2.45) is 0 Å². The molecular formula is C25H33FN4O2. The van der Waals surface area contributed by atoms with Crippen LogP contribution in [0.5, 0.6) is 5.88 Å². The van der Waals surface area contributed by atoms with Gasteiger partial charge in [0.2, 0.25) is 5.88 Å². The Balaban J connectivity index is 1.79. The minimum absolute atomic E-state index is 0.0430. The van der Waals surface area contributed by atoms with Gasteiger partial charge in [0.15, 0.2) is 0 Å². The van der Waals surface area contributed by atoms with Crippen LogP contribution in [0.2, 0.25) is 0 Å². The van der Waals surface area contributed by atoms with E-state index in [0.29, 0.717) is 11.8 Å². The summed E-state index contributed by atoms with van der Waals surface area (Å²) in [6.07, 6.45) is 2.10. The van der Waals surface area contributed by atoms with Crippen LogP contribution < -0.4 is 4.74 Å². The highest BCUT2D eigenvalue weighted by Gasteiger charge is 2.34. The average molecular weight is 441 g/mol. The van der Waals surface area contributed by atoms with Gasteiger partial charge in [-0.1, -0.05) is 13.8 Å². The Labute approximate surface area is 189 Å². The second-order valence-electron chi connectivity index (χ2n) is 9.08. The number of nitrogens with zero attached hydrogens (tertiary/aromatic N) is 4. The molecule has 1 aliphatic heterocycles. The number of likely N-dealkylation sites (tertiary alicyclic amines) is 1. The van der Waals surface area contributed by atoms with Gasteiger partial charge in [0.1, 0.15) is 6.67 Å². The highest BCUT2D eigenvalue weighted by atomic mass is 19.1. The standard InChI is InChI=1S/C25H33FN4O2/c1-15(2)19-8-7-18(25(27-19)31-6)23-16(3)11-20-24(28-23)17(4)12-30(20)21-13-29(5)14-22(21)32-10-9-26/h7-8,11-12,15,21-22H,9-10,13-14H2,1-6H3/t21-,22+/m1/s1. The number of aryl methyl sites for hydroxylation is 2. The number of aromatic nitrogens is 3. The van der Waals surface area contributed by atoms with Crippen molar-refractivity contribution in [3.8, 4) is 17.1 Å². The summed E-state index contributed by atoms with van der Waals surface area (Å²) >= 11 is 0. The molecule has 1 saturated heterocycles. The Bertz CT molecular complexity index is 1110. The normalized spacial score (nSPS) is 19.4. The molecule has 6 nitrogen and oxygen atoms in total. The fourth-order valence-corrected chi connectivity index (χ4v) is 4.65. The van der Waals surface area contributed by atoms with Crippen LogP contribution >= 0.6 is 0 Å². The van der Waals surface area contributed by atoms with Crippen molar-refractivity contribution in [3.05, 3.63) is 41.2 Å². The fourth-order valence-electron chi connectivity index (χ4n) is 4.65. The second-order valence-corrected chi connectivity index (χ2v) is 9.08. The quantitative estimate of drug-likeness (QED) is 0.534. The largest absolute Gasteiger partial charge is 0.480 e. The Kier molecular flexibility index (Phi) is 6.49. The molecule has 0 spiro atoms. The average Bonchev–Trinajstić information content (AvgIpc) is 3.29. The number of hydrogen-bond donors (Lipinski definition) is 0. The molecule has 3 aromatic rings. The molecule has 32 heavy (non-hydrogen) atoms. The monoisotopic (exact) mass is 440 g/mol. The van der Waals surface area contributed by atoms with Crippen LogP contribution in [0.25, 0.3) is 22.3 Å². The number of ether oxygens (including phenoxy) is 2. The summed E-state index contributed by atoms with van der Waals surface area (Å²) in [6, 6.07) is 6.41. The predicted molar refractivity (Wildman–Crippen MR) is 125 cm³/mol. The van der Waals surface area contributed by atoms with Gasteiger partial charge < -0.3 is 18.9 Å². The van der Waals surface area contributed by atoms with Crippen LogP contribution in [0.3, 0.4) is 0 Å². The fraction of sp³-hybridized carbons (Fsp3) is 0.520. The molecule has 0 radical (unpaired) electrons. The molecule has 172 valence electrons. The van der Waals surface area contributed by atoms with Crippen LogP contribution in [0.15, 0.2) is 24.4 Å². The molecule has 4 rings (SSSR count). The second kappa shape index (κ2) is 9.16. The van der Waals surface area contributed by atoms with Crippen LogP contribution in [0.4, 0.5) is 4.39 Å². The minimum atomic E-state index is -0.464. The van der Waals surface area contributed by atoms with Gasteiger partial charge in [-0.3, -0.25) is 0 Å². The van der Waals surface area contributed by atoms with Gasteiger partial charge in [0, 0.05) is 25.0 Å². The zero-order chi connectivity index (χ0) is 23.0. The number of hydrogen-bond acceptors (Lipinski definition) is 5.